The summed E-state index contributed by atoms with van der Waals surface area (Å²) in [5.41, 5.74) is -5.82. The zero-order valence-corrected chi connectivity index (χ0v) is 22.7. The van der Waals surface area contributed by atoms with Crippen molar-refractivity contribution in [3.63, 3.8) is 0 Å². The molecule has 210 valence electrons. The summed E-state index contributed by atoms with van der Waals surface area (Å²) in [6, 6.07) is 1.72. The Balaban J connectivity index is 1.65. The highest BCUT2D eigenvalue weighted by Gasteiger charge is 2.88. The molecule has 39 heavy (non-hydrogen) atoms. The van der Waals surface area contributed by atoms with Gasteiger partial charge in [0.2, 0.25) is 0 Å². The van der Waals surface area contributed by atoms with Crippen LogP contribution in [0.15, 0.2) is 34.2 Å². The van der Waals surface area contributed by atoms with Crippen LogP contribution in [-0.2, 0) is 33.4 Å². The molecule has 2 bridgehead atoms. The molecule has 4 aliphatic carbocycles. The molecule has 2 heterocycles. The van der Waals surface area contributed by atoms with Crippen molar-refractivity contribution < 1.29 is 48.0 Å². The van der Waals surface area contributed by atoms with E-state index in [0.29, 0.717) is 29.6 Å². The first-order valence-corrected chi connectivity index (χ1v) is 13.4. The van der Waals surface area contributed by atoms with Crippen molar-refractivity contribution in [1.29, 1.82) is 0 Å². The normalized spacial score (nSPS) is 45.9. The van der Waals surface area contributed by atoms with Gasteiger partial charge in [0.25, 0.3) is 0 Å². The van der Waals surface area contributed by atoms with Crippen molar-refractivity contribution >= 4 is 23.7 Å². The van der Waals surface area contributed by atoms with Crippen LogP contribution in [0.3, 0.4) is 0 Å². The van der Waals surface area contributed by atoms with Crippen LogP contribution in [0.1, 0.15) is 71.5 Å². The van der Waals surface area contributed by atoms with E-state index in [1.807, 2.05) is 13.8 Å². The van der Waals surface area contributed by atoms with E-state index in [-0.39, 0.29) is 19.3 Å². The largest absolute Gasteiger partial charge is 0.472 e. The maximum absolute atomic E-state index is 14.2. The fraction of sp³-hybridized carbons (Fsp3) is 0.655. The predicted octanol–water partition coefficient (Wildman–Crippen LogP) is 2.57. The third-order valence-electron chi connectivity index (χ3n) is 11.1. The first-order chi connectivity index (χ1) is 18.2. The maximum atomic E-state index is 14.2. The molecule has 10 heteroatoms. The van der Waals surface area contributed by atoms with E-state index < -0.39 is 75.2 Å². The fourth-order valence-electron chi connectivity index (χ4n) is 9.44. The third kappa shape index (κ3) is 2.84. The summed E-state index contributed by atoms with van der Waals surface area (Å²) in [5.74, 6) is -3.59. The second kappa shape index (κ2) is 7.81. The van der Waals surface area contributed by atoms with Gasteiger partial charge in [-0.3, -0.25) is 19.2 Å². The zero-order valence-electron chi connectivity index (χ0n) is 22.7. The summed E-state index contributed by atoms with van der Waals surface area (Å²) in [6.45, 7) is 6.58. The lowest BCUT2D eigenvalue weighted by Gasteiger charge is -2.53. The second-order valence-corrected chi connectivity index (χ2v) is 12.7. The van der Waals surface area contributed by atoms with Gasteiger partial charge in [-0.2, -0.15) is 0 Å². The lowest BCUT2D eigenvalue weighted by molar-refractivity contribution is -0.221. The minimum atomic E-state index is -2.30. The topological polar surface area (TPSA) is 150 Å². The molecule has 10 nitrogen and oxygen atoms in total. The number of hydrogen-bond acceptors (Lipinski definition) is 10. The van der Waals surface area contributed by atoms with Crippen molar-refractivity contribution in [2.75, 3.05) is 7.11 Å². The Hall–Kier alpha value is -2.98. The molecule has 0 aromatic carbocycles. The molecule has 1 saturated heterocycles. The monoisotopic (exact) mass is 542 g/mol. The molecule has 0 spiro atoms. The van der Waals surface area contributed by atoms with Gasteiger partial charge in [0, 0.05) is 35.2 Å². The average Bonchev–Trinajstić information content (AvgIpc) is 3.50. The summed E-state index contributed by atoms with van der Waals surface area (Å²) in [4.78, 5) is 52.3. The first-order valence-electron chi connectivity index (χ1n) is 13.4. The molecule has 0 amide bonds. The molecular weight excluding hydrogens is 508 g/mol. The number of fused-ring (bicyclic) bond motifs is 5. The Morgan fingerprint density at radius 1 is 1.15 bits per heavy atom. The van der Waals surface area contributed by atoms with Crippen molar-refractivity contribution in [2.24, 2.45) is 28.1 Å². The Labute approximate surface area is 225 Å². The summed E-state index contributed by atoms with van der Waals surface area (Å²) in [5, 5.41) is 25.5. The van der Waals surface area contributed by atoms with Gasteiger partial charge in [0.15, 0.2) is 17.5 Å². The number of cyclic esters (lactones) is 1. The lowest BCUT2D eigenvalue weighted by Crippen LogP contribution is -2.69. The number of aliphatic hydroxyl groups is 2. The quantitative estimate of drug-likeness (QED) is 0.330. The molecule has 2 N–H and O–H groups in total. The van der Waals surface area contributed by atoms with Gasteiger partial charge in [-0.25, -0.2) is 0 Å². The van der Waals surface area contributed by atoms with Crippen LogP contribution in [0.5, 0.6) is 0 Å². The Morgan fingerprint density at radius 3 is 2.49 bits per heavy atom. The summed E-state index contributed by atoms with van der Waals surface area (Å²) in [7, 11) is 1.26. The highest BCUT2D eigenvalue weighted by molar-refractivity contribution is 5.96. The van der Waals surface area contributed by atoms with Gasteiger partial charge < -0.3 is 28.8 Å². The Morgan fingerprint density at radius 2 is 1.87 bits per heavy atom. The molecule has 5 aliphatic rings. The van der Waals surface area contributed by atoms with Gasteiger partial charge in [-0.05, 0) is 48.3 Å². The van der Waals surface area contributed by atoms with Crippen LogP contribution < -0.4 is 0 Å². The number of ketones is 1. The molecular formula is C29H34O10. The van der Waals surface area contributed by atoms with Crippen LogP contribution in [0.25, 0.3) is 0 Å². The molecule has 1 aromatic rings. The fourth-order valence-corrected chi connectivity index (χ4v) is 9.44. The third-order valence-corrected chi connectivity index (χ3v) is 11.1. The number of rotatable bonds is 4. The van der Waals surface area contributed by atoms with Crippen LogP contribution in [0.4, 0.5) is 0 Å². The van der Waals surface area contributed by atoms with E-state index in [9.17, 15) is 29.4 Å². The van der Waals surface area contributed by atoms with Crippen molar-refractivity contribution in [3.05, 3.63) is 35.3 Å². The minimum Gasteiger partial charge on any atom is -0.472 e. The Bertz CT molecular complexity index is 1330. The summed E-state index contributed by atoms with van der Waals surface area (Å²) < 4.78 is 21.7. The molecule has 3 saturated carbocycles. The number of carbonyl (C=O) groups excluding carboxylic acids is 4. The Kier molecular flexibility index (Phi) is 5.26. The molecule has 0 radical (unpaired) electrons. The molecule has 1 aliphatic heterocycles. The van der Waals surface area contributed by atoms with Crippen LogP contribution in [0.2, 0.25) is 0 Å². The van der Waals surface area contributed by atoms with Gasteiger partial charge in [0.1, 0.15) is 11.7 Å². The van der Waals surface area contributed by atoms with E-state index in [1.165, 1.54) is 19.6 Å². The molecule has 0 unspecified atom stereocenters. The van der Waals surface area contributed by atoms with Crippen LogP contribution in [0, 0.1) is 28.1 Å². The predicted molar refractivity (Wildman–Crippen MR) is 131 cm³/mol. The molecule has 4 fully saturated rings. The van der Waals surface area contributed by atoms with Gasteiger partial charge in [-0.15, -0.1) is 0 Å². The van der Waals surface area contributed by atoms with Crippen LogP contribution >= 0.6 is 0 Å². The average molecular weight is 543 g/mol. The summed E-state index contributed by atoms with van der Waals surface area (Å²) >= 11 is 0. The maximum Gasteiger partial charge on any atom is 0.310 e. The minimum absolute atomic E-state index is 0.120. The second-order valence-electron chi connectivity index (χ2n) is 12.7. The van der Waals surface area contributed by atoms with E-state index in [0.717, 1.165) is 6.92 Å². The van der Waals surface area contributed by atoms with Gasteiger partial charge >= 0.3 is 17.9 Å². The number of furan rings is 1. The SMILES string of the molecule is COC(=O)C[C@@H]1[C@@]2(C)[C@H]3CC[C@]4(C)C(=C3[C@@]3(O)[C@@H](OC(C)=O)C(=O)[C@]1(C)C[C@@]23O)CC(=O)O[C@H]4c1ccoc1. The smallest absolute Gasteiger partial charge is 0.310 e. The standard InChI is InChI=1S/C29H34O10/c1-14(30)38-24-22(33)26(3)13-28(34)27(4,18(26)11-19(31)36-5)16-6-8-25(2)17(21(16)29(24,28)35)10-20(32)39-23(25)15-7-9-37-12-15/h7,9,12,16,18,23-24,34-35H,6,8,10-11,13H2,1-5H3/t16-,18-,23-,24-,25+,26+,27+,28+,29+/m0/s1. The highest BCUT2D eigenvalue weighted by Crippen LogP contribution is 2.80. The molecule has 6 rings (SSSR count). The van der Waals surface area contributed by atoms with Crippen molar-refractivity contribution in [1.82, 2.24) is 0 Å². The highest BCUT2D eigenvalue weighted by atomic mass is 16.6. The van der Waals surface area contributed by atoms with Crippen molar-refractivity contribution in [2.45, 2.75) is 83.2 Å². The van der Waals surface area contributed by atoms with Crippen LogP contribution in [-0.4, -0.2) is 58.3 Å². The number of Topliss-reactive ketones (excluding diaryl/α,β-unsaturated/α-hetero) is 1. The van der Waals surface area contributed by atoms with E-state index >= 15 is 0 Å². The van der Waals surface area contributed by atoms with Gasteiger partial charge in [-0.1, -0.05) is 20.8 Å². The zero-order chi connectivity index (χ0) is 28.3. The lowest BCUT2D eigenvalue weighted by atomic mass is 9.53. The number of methoxy groups -OCH3 is 1. The van der Waals surface area contributed by atoms with E-state index in [4.69, 9.17) is 18.6 Å². The number of hydrogen-bond donors (Lipinski definition) is 2. The first kappa shape index (κ1) is 26.3. The van der Waals surface area contributed by atoms with E-state index in [1.54, 1.807) is 13.0 Å². The molecule has 1 aromatic heterocycles. The number of carbonyl (C=O) groups is 4. The number of esters is 3. The van der Waals surface area contributed by atoms with Crippen molar-refractivity contribution in [3.8, 4) is 0 Å². The summed E-state index contributed by atoms with van der Waals surface area (Å²) in [6.07, 6.45) is 1.19. The van der Waals surface area contributed by atoms with Gasteiger partial charge in [0.05, 0.1) is 26.1 Å². The number of ether oxygens (including phenoxy) is 3. The molecule has 9 atom stereocenters. The van der Waals surface area contributed by atoms with E-state index in [2.05, 4.69) is 0 Å².